The van der Waals surface area contributed by atoms with E-state index in [4.69, 9.17) is 10.5 Å². The number of nitrogen functional groups attached to an aromatic ring is 1. The monoisotopic (exact) mass is 250 g/mol. The standard InChI is InChI=1S/C11H14N4O3/c1-2-18-8-5-3-7(4-6-8)13-11-14-9(12)10(16)15(11)17/h3-6,16-17H,2,12H2,1H3,(H,13,14). The molecule has 7 heteroatoms. The molecule has 0 aliphatic carbocycles. The molecule has 5 N–H and O–H groups in total. The van der Waals surface area contributed by atoms with Gasteiger partial charge in [0.25, 0.3) is 5.88 Å². The molecule has 1 aromatic carbocycles. The highest BCUT2D eigenvalue weighted by molar-refractivity contribution is 5.59. The molecule has 2 aromatic rings. The van der Waals surface area contributed by atoms with Gasteiger partial charge in [-0.2, -0.15) is 4.98 Å². The minimum atomic E-state index is -0.497. The summed E-state index contributed by atoms with van der Waals surface area (Å²) >= 11 is 0. The lowest BCUT2D eigenvalue weighted by Gasteiger charge is -2.06. The Morgan fingerprint density at radius 2 is 2.06 bits per heavy atom. The summed E-state index contributed by atoms with van der Waals surface area (Å²) in [6.45, 7) is 2.50. The van der Waals surface area contributed by atoms with Gasteiger partial charge in [-0.15, -0.1) is 4.73 Å². The van der Waals surface area contributed by atoms with E-state index in [-0.39, 0.29) is 11.8 Å². The maximum absolute atomic E-state index is 9.46. The number of hydrogen-bond acceptors (Lipinski definition) is 6. The number of aromatic nitrogens is 2. The van der Waals surface area contributed by atoms with Gasteiger partial charge in [0, 0.05) is 5.69 Å². The summed E-state index contributed by atoms with van der Waals surface area (Å²) in [5, 5.41) is 21.5. The van der Waals surface area contributed by atoms with E-state index < -0.39 is 5.88 Å². The maximum atomic E-state index is 9.46. The van der Waals surface area contributed by atoms with Crippen LogP contribution in [0.25, 0.3) is 0 Å². The molecular formula is C11H14N4O3. The van der Waals surface area contributed by atoms with E-state index in [0.29, 0.717) is 17.0 Å². The first-order valence-corrected chi connectivity index (χ1v) is 5.38. The smallest absolute Gasteiger partial charge is 0.272 e. The first-order chi connectivity index (χ1) is 8.61. The predicted molar refractivity (Wildman–Crippen MR) is 66.4 cm³/mol. The summed E-state index contributed by atoms with van der Waals surface area (Å²) in [5.74, 6) is 0.140. The molecule has 0 spiro atoms. The lowest BCUT2D eigenvalue weighted by atomic mass is 10.3. The van der Waals surface area contributed by atoms with Crippen molar-refractivity contribution in [3.8, 4) is 11.6 Å². The number of aromatic hydroxyl groups is 1. The number of anilines is 3. The first kappa shape index (κ1) is 11.9. The zero-order chi connectivity index (χ0) is 13.1. The molecule has 0 saturated heterocycles. The van der Waals surface area contributed by atoms with Crippen LogP contribution >= 0.6 is 0 Å². The molecule has 0 atom stereocenters. The molecule has 2 rings (SSSR count). The van der Waals surface area contributed by atoms with Gasteiger partial charge < -0.3 is 26.1 Å². The molecule has 0 fully saturated rings. The van der Waals surface area contributed by atoms with Crippen molar-refractivity contribution in [2.24, 2.45) is 0 Å². The zero-order valence-corrected chi connectivity index (χ0v) is 9.79. The van der Waals surface area contributed by atoms with Gasteiger partial charge >= 0.3 is 0 Å². The van der Waals surface area contributed by atoms with Crippen LogP contribution in [-0.2, 0) is 0 Å². The van der Waals surface area contributed by atoms with Crippen LogP contribution in [0.2, 0.25) is 0 Å². The van der Waals surface area contributed by atoms with Crippen LogP contribution in [0.3, 0.4) is 0 Å². The van der Waals surface area contributed by atoms with Crippen molar-refractivity contribution in [1.82, 2.24) is 9.71 Å². The minimum Gasteiger partial charge on any atom is -0.494 e. The van der Waals surface area contributed by atoms with Gasteiger partial charge in [0.1, 0.15) is 5.75 Å². The van der Waals surface area contributed by atoms with E-state index >= 15 is 0 Å². The fourth-order valence-electron chi connectivity index (χ4n) is 1.43. The number of nitrogens with one attached hydrogen (secondary N) is 1. The maximum Gasteiger partial charge on any atom is 0.272 e. The van der Waals surface area contributed by atoms with E-state index in [1.807, 2.05) is 6.92 Å². The molecule has 0 bridgehead atoms. The number of benzene rings is 1. The van der Waals surface area contributed by atoms with Crippen LogP contribution in [0.5, 0.6) is 11.6 Å². The minimum absolute atomic E-state index is 0.0363. The molecule has 0 unspecified atom stereocenters. The SMILES string of the molecule is CCOc1ccc(Nc2nc(N)c(O)n2O)cc1. The van der Waals surface area contributed by atoms with E-state index in [9.17, 15) is 10.3 Å². The second kappa shape index (κ2) is 4.74. The molecule has 0 aliphatic rings. The van der Waals surface area contributed by atoms with Crippen molar-refractivity contribution >= 4 is 17.5 Å². The molecule has 1 heterocycles. The number of nitrogens with zero attached hydrogens (tertiary/aromatic N) is 2. The van der Waals surface area contributed by atoms with Crippen molar-refractivity contribution in [3.63, 3.8) is 0 Å². The molecule has 0 aliphatic heterocycles. The van der Waals surface area contributed by atoms with E-state index in [2.05, 4.69) is 10.3 Å². The lowest BCUT2D eigenvalue weighted by molar-refractivity contribution is 0.161. The van der Waals surface area contributed by atoms with Gasteiger partial charge in [-0.05, 0) is 31.2 Å². The summed E-state index contributed by atoms with van der Waals surface area (Å²) in [5.41, 5.74) is 6.04. The largest absolute Gasteiger partial charge is 0.494 e. The fraction of sp³-hybridized carbons (Fsp3) is 0.182. The summed E-state index contributed by atoms with van der Waals surface area (Å²) in [6.07, 6.45) is 0. The third-order valence-electron chi connectivity index (χ3n) is 2.28. The van der Waals surface area contributed by atoms with Crippen LogP contribution < -0.4 is 15.8 Å². The van der Waals surface area contributed by atoms with Crippen molar-refractivity contribution in [2.75, 3.05) is 17.7 Å². The highest BCUT2D eigenvalue weighted by atomic mass is 16.5. The molecule has 0 radical (unpaired) electrons. The highest BCUT2D eigenvalue weighted by Crippen LogP contribution is 2.25. The second-order valence-corrected chi connectivity index (χ2v) is 3.54. The second-order valence-electron chi connectivity index (χ2n) is 3.54. The molecule has 96 valence electrons. The summed E-state index contributed by atoms with van der Waals surface area (Å²) in [7, 11) is 0. The fourth-order valence-corrected chi connectivity index (χ4v) is 1.43. The molecule has 1 aromatic heterocycles. The lowest BCUT2D eigenvalue weighted by Crippen LogP contribution is -2.00. The normalized spacial score (nSPS) is 10.3. The number of hydrogen-bond donors (Lipinski definition) is 4. The molecular weight excluding hydrogens is 236 g/mol. The average molecular weight is 250 g/mol. The van der Waals surface area contributed by atoms with E-state index in [1.54, 1.807) is 24.3 Å². The average Bonchev–Trinajstić information content (AvgIpc) is 2.60. The Morgan fingerprint density at radius 3 is 2.56 bits per heavy atom. The molecule has 0 saturated carbocycles. The number of nitrogens with two attached hydrogens (primary N) is 1. The van der Waals surface area contributed by atoms with Crippen LogP contribution in [0.4, 0.5) is 17.5 Å². The van der Waals surface area contributed by atoms with Gasteiger partial charge in [0.15, 0.2) is 5.82 Å². The van der Waals surface area contributed by atoms with Gasteiger partial charge in [-0.25, -0.2) is 0 Å². The third-order valence-corrected chi connectivity index (χ3v) is 2.28. The Hall–Kier alpha value is -2.57. The highest BCUT2D eigenvalue weighted by Gasteiger charge is 2.13. The molecule has 18 heavy (non-hydrogen) atoms. The number of ether oxygens (including phenoxy) is 1. The van der Waals surface area contributed by atoms with Crippen molar-refractivity contribution in [2.45, 2.75) is 6.92 Å². The first-order valence-electron chi connectivity index (χ1n) is 5.38. The van der Waals surface area contributed by atoms with E-state index in [0.717, 1.165) is 5.75 Å². The molecule has 7 nitrogen and oxygen atoms in total. The zero-order valence-electron chi connectivity index (χ0n) is 9.79. The molecule has 0 amide bonds. The predicted octanol–water partition coefficient (Wildman–Crippen LogP) is 1.55. The quantitative estimate of drug-likeness (QED) is 0.613. The van der Waals surface area contributed by atoms with Crippen molar-refractivity contribution in [1.29, 1.82) is 0 Å². The Labute approximate surface area is 103 Å². The topological polar surface area (TPSA) is 106 Å². The van der Waals surface area contributed by atoms with Gasteiger partial charge in [-0.1, -0.05) is 0 Å². The van der Waals surface area contributed by atoms with Crippen molar-refractivity contribution < 1.29 is 15.1 Å². The van der Waals surface area contributed by atoms with Crippen LogP contribution in [0.15, 0.2) is 24.3 Å². The Balaban J connectivity index is 2.15. The summed E-state index contributed by atoms with van der Waals surface area (Å²) in [6, 6.07) is 7.07. The van der Waals surface area contributed by atoms with Gasteiger partial charge in [0.2, 0.25) is 5.95 Å². The van der Waals surface area contributed by atoms with Gasteiger partial charge in [-0.3, -0.25) is 0 Å². The van der Waals surface area contributed by atoms with Crippen LogP contribution in [0.1, 0.15) is 6.92 Å². The third kappa shape index (κ3) is 2.24. The Kier molecular flexibility index (Phi) is 3.13. The number of imidazole rings is 1. The van der Waals surface area contributed by atoms with Crippen LogP contribution in [-0.4, -0.2) is 26.6 Å². The van der Waals surface area contributed by atoms with Crippen LogP contribution in [0, 0.1) is 0 Å². The Bertz CT molecular complexity index is 536. The summed E-state index contributed by atoms with van der Waals surface area (Å²) < 4.78 is 5.78. The van der Waals surface area contributed by atoms with E-state index in [1.165, 1.54) is 0 Å². The van der Waals surface area contributed by atoms with Crippen molar-refractivity contribution in [3.05, 3.63) is 24.3 Å². The van der Waals surface area contributed by atoms with Gasteiger partial charge in [0.05, 0.1) is 6.61 Å². The summed E-state index contributed by atoms with van der Waals surface area (Å²) in [4.78, 5) is 3.76. The number of rotatable bonds is 4. The Morgan fingerprint density at radius 1 is 1.39 bits per heavy atom.